The number of hydrogen-bond donors (Lipinski definition) is 1. The molecule has 5 rings (SSSR count). The average molecular weight is 443 g/mol. The molecule has 0 saturated carbocycles. The molecule has 0 saturated heterocycles. The maximum absolute atomic E-state index is 12.7. The Bertz CT molecular complexity index is 1150. The van der Waals surface area contributed by atoms with Gasteiger partial charge in [-0.05, 0) is 50.3 Å². The highest BCUT2D eigenvalue weighted by Crippen LogP contribution is 2.33. The van der Waals surface area contributed by atoms with E-state index >= 15 is 0 Å². The third kappa shape index (κ3) is 3.60. The lowest BCUT2D eigenvalue weighted by molar-refractivity contribution is -0.133. The quantitative estimate of drug-likeness (QED) is 0.609. The van der Waals surface area contributed by atoms with Crippen LogP contribution in [-0.2, 0) is 29.9 Å². The molecule has 0 fully saturated rings. The predicted octanol–water partition coefficient (Wildman–Crippen LogP) is 3.89. The fourth-order valence-corrected chi connectivity index (χ4v) is 6.74. The van der Waals surface area contributed by atoms with Gasteiger partial charge in [-0.3, -0.25) is 9.59 Å². The van der Waals surface area contributed by atoms with Gasteiger partial charge < -0.3 is 14.5 Å². The average Bonchev–Trinajstić information content (AvgIpc) is 3.36. The van der Waals surface area contributed by atoms with E-state index in [1.165, 1.54) is 22.6 Å². The molecule has 0 bridgehead atoms. The van der Waals surface area contributed by atoms with Gasteiger partial charge in [0.1, 0.15) is 10.7 Å². The summed E-state index contributed by atoms with van der Waals surface area (Å²) in [7, 11) is 0. The fraction of sp³-hybridized carbons (Fsp3) is 0.500. The van der Waals surface area contributed by atoms with Crippen LogP contribution in [0.2, 0.25) is 0 Å². The van der Waals surface area contributed by atoms with E-state index in [1.54, 1.807) is 23.1 Å². The summed E-state index contributed by atoms with van der Waals surface area (Å²) in [5, 5.41) is 0.808. The number of H-pyrrole nitrogens is 1. The van der Waals surface area contributed by atoms with Crippen LogP contribution in [0.25, 0.3) is 10.2 Å². The van der Waals surface area contributed by atoms with Crippen LogP contribution in [0.1, 0.15) is 54.2 Å². The number of rotatable bonds is 5. The first-order valence-electron chi connectivity index (χ1n) is 10.7. The van der Waals surface area contributed by atoms with E-state index in [0.717, 1.165) is 48.3 Å². The first-order valence-corrected chi connectivity index (χ1v) is 12.6. The molecule has 1 aliphatic heterocycles. The Hall–Kier alpha value is -2.06. The van der Waals surface area contributed by atoms with E-state index in [0.29, 0.717) is 18.0 Å². The zero-order chi connectivity index (χ0) is 20.7. The summed E-state index contributed by atoms with van der Waals surface area (Å²) in [6.07, 6.45) is 7.02. The normalized spacial score (nSPS) is 18.4. The molecule has 1 amide bonds. The van der Waals surface area contributed by atoms with Crippen LogP contribution in [0.4, 0.5) is 0 Å². The van der Waals surface area contributed by atoms with Crippen molar-refractivity contribution in [1.82, 2.24) is 19.4 Å². The van der Waals surface area contributed by atoms with Gasteiger partial charge >= 0.3 is 0 Å². The van der Waals surface area contributed by atoms with Gasteiger partial charge in [-0.15, -0.1) is 11.3 Å². The predicted molar refractivity (Wildman–Crippen MR) is 122 cm³/mol. The lowest BCUT2D eigenvalue weighted by Gasteiger charge is -2.35. The summed E-state index contributed by atoms with van der Waals surface area (Å²) in [4.78, 5) is 37.3. The van der Waals surface area contributed by atoms with Crippen molar-refractivity contribution in [2.45, 2.75) is 57.4 Å². The van der Waals surface area contributed by atoms with Crippen LogP contribution in [0, 0.1) is 0 Å². The molecular weight excluding hydrogens is 416 g/mol. The van der Waals surface area contributed by atoms with Crippen molar-refractivity contribution >= 4 is 39.2 Å². The lowest BCUT2D eigenvalue weighted by Crippen LogP contribution is -2.40. The molecule has 1 atom stereocenters. The highest BCUT2D eigenvalue weighted by Gasteiger charge is 2.27. The SMILES string of the molecule is CC1c2cccn2CCN1C(=O)CCSCc1nc2sc3c(c2c(=O)[nH]1)CCCC3. The minimum absolute atomic E-state index is 0.00350. The third-order valence-electron chi connectivity index (χ3n) is 6.24. The molecule has 0 radical (unpaired) electrons. The number of aromatic nitrogens is 3. The minimum atomic E-state index is -0.00350. The number of fused-ring (bicyclic) bond motifs is 4. The van der Waals surface area contributed by atoms with E-state index in [1.807, 2.05) is 11.0 Å². The van der Waals surface area contributed by atoms with Crippen molar-refractivity contribution in [3.8, 4) is 0 Å². The number of carbonyl (C=O) groups is 1. The summed E-state index contributed by atoms with van der Waals surface area (Å²) >= 11 is 3.34. The molecule has 2 aliphatic rings. The Labute approximate surface area is 183 Å². The van der Waals surface area contributed by atoms with Gasteiger partial charge in [0.05, 0.1) is 17.2 Å². The highest BCUT2D eigenvalue weighted by molar-refractivity contribution is 7.98. The Kier molecular flexibility index (Phi) is 5.45. The van der Waals surface area contributed by atoms with E-state index < -0.39 is 0 Å². The van der Waals surface area contributed by atoms with Crippen molar-refractivity contribution in [3.63, 3.8) is 0 Å². The van der Waals surface area contributed by atoms with E-state index in [2.05, 4.69) is 28.7 Å². The molecule has 8 heteroatoms. The van der Waals surface area contributed by atoms with Gasteiger partial charge in [-0.2, -0.15) is 11.8 Å². The second kappa shape index (κ2) is 8.23. The van der Waals surface area contributed by atoms with Crippen molar-refractivity contribution < 1.29 is 4.79 Å². The summed E-state index contributed by atoms with van der Waals surface area (Å²) in [6.45, 7) is 3.73. The number of nitrogens with one attached hydrogen (secondary N) is 1. The van der Waals surface area contributed by atoms with Crippen LogP contribution >= 0.6 is 23.1 Å². The largest absolute Gasteiger partial charge is 0.348 e. The molecule has 1 unspecified atom stereocenters. The molecule has 3 aromatic rings. The second-order valence-electron chi connectivity index (χ2n) is 8.10. The number of hydrogen-bond acceptors (Lipinski definition) is 5. The van der Waals surface area contributed by atoms with Crippen molar-refractivity contribution in [2.75, 3.05) is 12.3 Å². The third-order valence-corrected chi connectivity index (χ3v) is 8.39. The zero-order valence-corrected chi connectivity index (χ0v) is 18.8. The fourth-order valence-electron chi connectivity index (χ4n) is 4.67. The van der Waals surface area contributed by atoms with Crippen molar-refractivity contribution in [1.29, 1.82) is 0 Å². The van der Waals surface area contributed by atoms with Crippen molar-refractivity contribution in [2.24, 2.45) is 0 Å². The lowest BCUT2D eigenvalue weighted by atomic mass is 9.97. The van der Waals surface area contributed by atoms with Crippen LogP contribution in [0.3, 0.4) is 0 Å². The maximum Gasteiger partial charge on any atom is 0.259 e. The van der Waals surface area contributed by atoms with Gasteiger partial charge in [0.2, 0.25) is 5.91 Å². The molecule has 1 N–H and O–H groups in total. The standard InChI is InChI=1S/C22H26N4O2S2/c1-14-16-6-4-9-25(16)10-11-26(14)19(27)8-12-29-13-18-23-21(28)20-15-5-2-3-7-17(15)30-22(20)24-18/h4,6,9,14H,2-3,5,7-8,10-13H2,1H3,(H,23,24,28). The maximum atomic E-state index is 12.7. The molecule has 0 aromatic carbocycles. The molecular formula is C22H26N4O2S2. The van der Waals surface area contributed by atoms with E-state index in [4.69, 9.17) is 4.98 Å². The second-order valence-corrected chi connectivity index (χ2v) is 10.3. The number of thioether (sulfide) groups is 1. The number of thiophene rings is 1. The summed E-state index contributed by atoms with van der Waals surface area (Å²) in [5.74, 6) is 2.27. The summed E-state index contributed by atoms with van der Waals surface area (Å²) in [5.41, 5.74) is 2.42. The number of amides is 1. The highest BCUT2D eigenvalue weighted by atomic mass is 32.2. The first kappa shape index (κ1) is 19.9. The Morgan fingerprint density at radius 2 is 2.20 bits per heavy atom. The van der Waals surface area contributed by atoms with Crippen LogP contribution in [0.15, 0.2) is 23.1 Å². The summed E-state index contributed by atoms with van der Waals surface area (Å²) in [6, 6.07) is 4.26. The molecule has 3 aromatic heterocycles. The molecule has 158 valence electrons. The number of nitrogens with zero attached hydrogens (tertiary/aromatic N) is 3. The Morgan fingerprint density at radius 1 is 1.33 bits per heavy atom. The Balaban J connectivity index is 1.19. The minimum Gasteiger partial charge on any atom is -0.348 e. The Morgan fingerprint density at radius 3 is 3.10 bits per heavy atom. The van der Waals surface area contributed by atoms with E-state index in [9.17, 15) is 9.59 Å². The van der Waals surface area contributed by atoms with Gasteiger partial charge in [0.25, 0.3) is 5.56 Å². The van der Waals surface area contributed by atoms with Gasteiger partial charge in [0.15, 0.2) is 0 Å². The van der Waals surface area contributed by atoms with E-state index in [-0.39, 0.29) is 17.5 Å². The van der Waals surface area contributed by atoms with Gasteiger partial charge in [-0.25, -0.2) is 4.98 Å². The zero-order valence-electron chi connectivity index (χ0n) is 17.1. The van der Waals surface area contributed by atoms with Crippen LogP contribution in [0.5, 0.6) is 0 Å². The summed E-state index contributed by atoms with van der Waals surface area (Å²) < 4.78 is 2.23. The topological polar surface area (TPSA) is 71.0 Å². The monoisotopic (exact) mass is 442 g/mol. The molecule has 30 heavy (non-hydrogen) atoms. The van der Waals surface area contributed by atoms with Gasteiger partial charge in [-0.1, -0.05) is 0 Å². The van der Waals surface area contributed by atoms with Crippen LogP contribution in [-0.4, -0.2) is 37.6 Å². The molecule has 0 spiro atoms. The number of carbonyl (C=O) groups excluding carboxylic acids is 1. The molecule has 1 aliphatic carbocycles. The first-order chi connectivity index (χ1) is 14.6. The molecule has 6 nitrogen and oxygen atoms in total. The number of aromatic amines is 1. The molecule has 4 heterocycles. The van der Waals surface area contributed by atoms with Gasteiger partial charge in [0, 0.05) is 42.0 Å². The number of aryl methyl sites for hydroxylation is 2. The van der Waals surface area contributed by atoms with Crippen LogP contribution < -0.4 is 5.56 Å². The van der Waals surface area contributed by atoms with Crippen molar-refractivity contribution in [3.05, 3.63) is 50.6 Å². The smallest absolute Gasteiger partial charge is 0.259 e.